The maximum Gasteiger partial charge on any atom is 0.255 e. The number of aromatic nitrogens is 2. The maximum absolute atomic E-state index is 12.2. The van der Waals surface area contributed by atoms with E-state index in [0.717, 1.165) is 11.4 Å². The Kier molecular flexibility index (Phi) is 5.48. The van der Waals surface area contributed by atoms with E-state index in [1.54, 1.807) is 24.3 Å². The van der Waals surface area contributed by atoms with Crippen molar-refractivity contribution in [2.75, 3.05) is 5.32 Å². The molecule has 1 aromatic carbocycles. The van der Waals surface area contributed by atoms with Gasteiger partial charge >= 0.3 is 0 Å². The summed E-state index contributed by atoms with van der Waals surface area (Å²) in [6, 6.07) is 11.9. The van der Waals surface area contributed by atoms with Gasteiger partial charge in [0.25, 0.3) is 5.91 Å². The fraction of sp³-hybridized carbons (Fsp3) is 0.158. The van der Waals surface area contributed by atoms with E-state index in [-0.39, 0.29) is 17.0 Å². The lowest BCUT2D eigenvalue weighted by Crippen LogP contribution is -2.18. The third-order valence-electron chi connectivity index (χ3n) is 3.48. The average molecular weight is 367 g/mol. The minimum atomic E-state index is -0.358. The Balaban J connectivity index is 1.67. The number of nitrogens with zero attached hydrogens (tertiary/aromatic N) is 2. The Morgan fingerprint density at radius 2 is 1.81 bits per heavy atom. The number of rotatable bonds is 5. The van der Waals surface area contributed by atoms with Crippen LogP contribution in [-0.4, -0.2) is 15.9 Å². The smallest absolute Gasteiger partial charge is 0.255 e. The van der Waals surface area contributed by atoms with Crippen molar-refractivity contribution in [3.8, 4) is 0 Å². The summed E-state index contributed by atoms with van der Waals surface area (Å²) < 4.78 is 5.47. The van der Waals surface area contributed by atoms with Gasteiger partial charge in [-0.15, -0.1) is 0 Å². The summed E-state index contributed by atoms with van der Waals surface area (Å²) in [5.74, 6) is 0.550. The van der Waals surface area contributed by atoms with Crippen LogP contribution in [0.1, 0.15) is 27.5 Å². The van der Waals surface area contributed by atoms with Crippen LogP contribution >= 0.6 is 11.8 Å². The predicted molar refractivity (Wildman–Crippen MR) is 100 cm³/mol. The molecular formula is C19H17N3O3S. The van der Waals surface area contributed by atoms with Gasteiger partial charge in [0.1, 0.15) is 17.7 Å². The van der Waals surface area contributed by atoms with Crippen molar-refractivity contribution in [2.45, 2.75) is 24.8 Å². The summed E-state index contributed by atoms with van der Waals surface area (Å²) in [4.78, 5) is 33.0. The first-order valence-electron chi connectivity index (χ1n) is 7.94. The zero-order chi connectivity index (χ0) is 18.5. The fourth-order valence-electron chi connectivity index (χ4n) is 2.30. The first-order valence-corrected chi connectivity index (χ1v) is 8.93. The lowest BCUT2D eigenvalue weighted by molar-refractivity contribution is 0.102. The molecule has 0 atom stereocenters. The number of nitrogens with one attached hydrogen (secondary N) is 1. The number of thioether (sulfide) groups is 1. The topological polar surface area (TPSA) is 85.1 Å². The molecule has 0 saturated heterocycles. The van der Waals surface area contributed by atoms with Gasteiger partial charge in [0.05, 0.1) is 5.75 Å². The molecule has 3 rings (SSSR count). The second-order valence-corrected chi connectivity index (χ2v) is 6.61. The van der Waals surface area contributed by atoms with Gasteiger partial charge in [0, 0.05) is 23.0 Å². The predicted octanol–water partition coefficient (Wildman–Crippen LogP) is 3.59. The number of benzene rings is 1. The Labute approximate surface area is 154 Å². The highest BCUT2D eigenvalue weighted by Gasteiger charge is 2.10. The normalized spacial score (nSPS) is 10.5. The number of hydrogen-bond acceptors (Lipinski definition) is 6. The third kappa shape index (κ3) is 4.58. The molecule has 0 aliphatic carbocycles. The number of aryl methyl sites for hydroxylation is 2. The maximum atomic E-state index is 12.2. The van der Waals surface area contributed by atoms with E-state index >= 15 is 0 Å². The van der Waals surface area contributed by atoms with Gasteiger partial charge in [-0.25, -0.2) is 9.97 Å². The second kappa shape index (κ2) is 7.97. The van der Waals surface area contributed by atoms with Crippen molar-refractivity contribution >= 4 is 23.4 Å². The van der Waals surface area contributed by atoms with Crippen LogP contribution in [0.2, 0.25) is 0 Å². The monoisotopic (exact) mass is 367 g/mol. The minimum absolute atomic E-state index is 0.107. The van der Waals surface area contributed by atoms with Gasteiger partial charge in [0.2, 0.25) is 5.43 Å². The Morgan fingerprint density at radius 3 is 2.46 bits per heavy atom. The molecule has 132 valence electrons. The van der Waals surface area contributed by atoms with Gasteiger partial charge in [0.15, 0.2) is 5.16 Å². The molecular weight excluding hydrogens is 350 g/mol. The van der Waals surface area contributed by atoms with Crippen LogP contribution in [0.3, 0.4) is 0 Å². The van der Waals surface area contributed by atoms with Crippen molar-refractivity contribution in [1.82, 2.24) is 9.97 Å². The fourth-order valence-corrected chi connectivity index (χ4v) is 3.14. The molecule has 0 bridgehead atoms. The van der Waals surface area contributed by atoms with E-state index in [2.05, 4.69) is 15.3 Å². The third-order valence-corrected chi connectivity index (χ3v) is 4.34. The molecule has 0 aliphatic rings. The van der Waals surface area contributed by atoms with Crippen molar-refractivity contribution in [3.63, 3.8) is 0 Å². The minimum Gasteiger partial charge on any atom is -0.466 e. The summed E-state index contributed by atoms with van der Waals surface area (Å²) in [5.41, 5.74) is 2.05. The van der Waals surface area contributed by atoms with Gasteiger partial charge in [-0.3, -0.25) is 9.59 Å². The van der Waals surface area contributed by atoms with Crippen LogP contribution in [0.15, 0.2) is 63.1 Å². The van der Waals surface area contributed by atoms with E-state index in [0.29, 0.717) is 22.2 Å². The number of hydrogen-bond donors (Lipinski definition) is 1. The Bertz CT molecular complexity index is 967. The molecule has 26 heavy (non-hydrogen) atoms. The first-order chi connectivity index (χ1) is 12.5. The van der Waals surface area contributed by atoms with Crippen LogP contribution in [0.5, 0.6) is 0 Å². The van der Waals surface area contributed by atoms with Crippen molar-refractivity contribution < 1.29 is 9.21 Å². The zero-order valence-corrected chi connectivity index (χ0v) is 15.2. The van der Waals surface area contributed by atoms with E-state index in [9.17, 15) is 9.59 Å². The van der Waals surface area contributed by atoms with E-state index < -0.39 is 0 Å². The van der Waals surface area contributed by atoms with Crippen LogP contribution < -0.4 is 10.7 Å². The number of carbonyl (C=O) groups is 1. The molecule has 0 radical (unpaired) electrons. The highest BCUT2D eigenvalue weighted by Crippen LogP contribution is 2.20. The lowest BCUT2D eigenvalue weighted by Gasteiger charge is -2.06. The van der Waals surface area contributed by atoms with E-state index in [1.807, 2.05) is 26.0 Å². The lowest BCUT2D eigenvalue weighted by atomic mass is 10.2. The summed E-state index contributed by atoms with van der Waals surface area (Å²) in [5, 5.41) is 3.20. The van der Waals surface area contributed by atoms with Gasteiger partial charge in [-0.1, -0.05) is 30.0 Å². The van der Waals surface area contributed by atoms with Gasteiger partial charge in [-0.2, -0.15) is 0 Å². The van der Waals surface area contributed by atoms with Crippen LogP contribution in [-0.2, 0) is 5.75 Å². The Hall–Kier alpha value is -2.93. The van der Waals surface area contributed by atoms with Crippen LogP contribution in [0, 0.1) is 13.8 Å². The highest BCUT2D eigenvalue weighted by atomic mass is 32.2. The molecule has 1 amide bonds. The summed E-state index contributed by atoms with van der Waals surface area (Å²) in [6.07, 6.45) is 1.27. The molecule has 7 heteroatoms. The second-order valence-electron chi connectivity index (χ2n) is 5.67. The summed E-state index contributed by atoms with van der Waals surface area (Å²) in [6.45, 7) is 3.81. The quantitative estimate of drug-likeness (QED) is 0.548. The van der Waals surface area contributed by atoms with Gasteiger partial charge < -0.3 is 9.73 Å². The molecule has 1 N–H and O–H groups in total. The number of anilines is 1. The van der Waals surface area contributed by atoms with Crippen molar-refractivity contribution in [2.24, 2.45) is 0 Å². The van der Waals surface area contributed by atoms with Crippen LogP contribution in [0.25, 0.3) is 0 Å². The van der Waals surface area contributed by atoms with Gasteiger partial charge in [-0.05, 0) is 32.0 Å². The Morgan fingerprint density at radius 1 is 1.12 bits per heavy atom. The molecule has 2 aromatic heterocycles. The summed E-state index contributed by atoms with van der Waals surface area (Å²) >= 11 is 1.38. The number of carbonyl (C=O) groups excluding carboxylic acids is 1. The molecule has 0 fully saturated rings. The number of amides is 1. The molecule has 0 saturated carbocycles. The molecule has 0 spiro atoms. The largest absolute Gasteiger partial charge is 0.466 e. The van der Waals surface area contributed by atoms with E-state index in [4.69, 9.17) is 4.42 Å². The molecule has 0 unspecified atom stereocenters. The molecule has 6 nitrogen and oxygen atoms in total. The van der Waals surface area contributed by atoms with Crippen molar-refractivity contribution in [1.29, 1.82) is 0 Å². The zero-order valence-electron chi connectivity index (χ0n) is 14.4. The van der Waals surface area contributed by atoms with Crippen LogP contribution in [0.4, 0.5) is 5.69 Å². The molecule has 3 aromatic rings. The highest BCUT2D eigenvalue weighted by molar-refractivity contribution is 7.98. The van der Waals surface area contributed by atoms with Crippen molar-refractivity contribution in [3.05, 3.63) is 81.7 Å². The molecule has 0 aliphatic heterocycles. The SMILES string of the molecule is Cc1cc(C)nc(SCc2cc(=O)c(NC(=O)c3ccccc3)co2)n1. The summed E-state index contributed by atoms with van der Waals surface area (Å²) in [7, 11) is 0. The first kappa shape index (κ1) is 17.9. The van der Waals surface area contributed by atoms with E-state index in [1.165, 1.54) is 24.1 Å². The average Bonchev–Trinajstić information content (AvgIpc) is 2.62. The standard InChI is InChI=1S/C19H17N3O3S/c1-12-8-13(2)21-19(20-12)26-11-15-9-17(23)16(10-25-15)22-18(24)14-6-4-3-5-7-14/h3-10H,11H2,1-2H3,(H,22,24). The molecule has 2 heterocycles.